The number of nitrogens with two attached hydrogens (primary N) is 1. The molecule has 30 heavy (non-hydrogen) atoms. The Morgan fingerprint density at radius 3 is 2.57 bits per heavy atom. The smallest absolute Gasteiger partial charge is 0.356 e. The molecule has 6 atom stereocenters. The van der Waals surface area contributed by atoms with Gasteiger partial charge < -0.3 is 35.2 Å². The quantitative estimate of drug-likeness (QED) is 0.246. The summed E-state index contributed by atoms with van der Waals surface area (Å²) in [6.07, 6.45) is -5.81. The number of anilines is 1. The summed E-state index contributed by atoms with van der Waals surface area (Å²) in [4.78, 5) is 42.5. The molecule has 1 fully saturated rings. The molecule has 15 heteroatoms. The van der Waals surface area contributed by atoms with Crippen molar-refractivity contribution in [3.8, 4) is 0 Å². The summed E-state index contributed by atoms with van der Waals surface area (Å²) in [5.74, 6) is -1.90. The molecule has 8 N–H and O–H groups in total. The van der Waals surface area contributed by atoms with Crippen molar-refractivity contribution in [3.63, 3.8) is 0 Å². The molecular weight excluding hydrogens is 425 g/mol. The number of aliphatic hydroxyl groups is 3. The first kappa shape index (κ1) is 22.6. The van der Waals surface area contributed by atoms with Crippen LogP contribution in [0.5, 0.6) is 0 Å². The predicted molar refractivity (Wildman–Crippen MR) is 103 cm³/mol. The molecule has 3 rings (SSSR count). The topological polar surface area (TPSA) is 226 Å². The van der Waals surface area contributed by atoms with Gasteiger partial charge in [-0.3, -0.25) is 19.3 Å². The van der Waals surface area contributed by atoms with E-state index in [-0.39, 0.29) is 23.5 Å². The van der Waals surface area contributed by atoms with Gasteiger partial charge >= 0.3 is 13.3 Å². The first-order valence-electron chi connectivity index (χ1n) is 8.96. The Labute approximate surface area is 168 Å². The number of ether oxygens (including phenoxy) is 1. The monoisotopic (exact) mass is 449 g/mol. The van der Waals surface area contributed by atoms with E-state index in [1.54, 1.807) is 0 Å². The zero-order valence-electron chi connectivity index (χ0n) is 16.3. The molecule has 0 aliphatic carbocycles. The Morgan fingerprint density at radius 2 is 1.97 bits per heavy atom. The van der Waals surface area contributed by atoms with E-state index in [1.807, 2.05) is 0 Å². The molecule has 3 heterocycles. The predicted octanol–water partition coefficient (Wildman–Crippen LogP) is -1.68. The second-order valence-electron chi connectivity index (χ2n) is 7.75. The van der Waals surface area contributed by atoms with Crippen molar-refractivity contribution in [1.29, 1.82) is 0 Å². The van der Waals surface area contributed by atoms with E-state index in [1.165, 1.54) is 13.8 Å². The normalized spacial score (nSPS) is 28.0. The third-order valence-electron chi connectivity index (χ3n) is 4.73. The van der Waals surface area contributed by atoms with E-state index >= 15 is 0 Å². The van der Waals surface area contributed by atoms with Gasteiger partial charge in [-0.05, 0) is 20.8 Å². The average molecular weight is 449 g/mol. The Kier molecular flexibility index (Phi) is 5.71. The first-order chi connectivity index (χ1) is 13.7. The highest BCUT2D eigenvalue weighted by Crippen LogP contribution is 2.51. The summed E-state index contributed by atoms with van der Waals surface area (Å²) in [6, 6.07) is 0. The van der Waals surface area contributed by atoms with Crippen molar-refractivity contribution in [2.45, 2.75) is 63.2 Å². The lowest BCUT2D eigenvalue weighted by atomic mass is 9.97. The summed E-state index contributed by atoms with van der Waals surface area (Å²) < 4.78 is 23.6. The lowest BCUT2D eigenvalue weighted by molar-refractivity contribution is -0.0625. The molecular formula is C15H24N5O9P. The Morgan fingerprint density at radius 1 is 1.33 bits per heavy atom. The summed E-state index contributed by atoms with van der Waals surface area (Å²) in [5, 5.41) is 30.3. The standard InChI is InChI=1S/C15H24N5O9P/c1-5(21)30(26,27)29-15(2,3)4-6-8(22)9(23)12(28-6)20-10-7(17-14(20)25)11(24)19-13(16)18-10/h5-6,8-9,12,21-23H,4H2,1-3H3,(H,17,25)(H,26,27)(H3,16,18,19,24)/t5-,6-,8-,9-,12?/m1/s1. The van der Waals surface area contributed by atoms with Gasteiger partial charge in [-0.1, -0.05) is 0 Å². The molecule has 0 amide bonds. The second-order valence-corrected chi connectivity index (χ2v) is 9.81. The number of rotatable bonds is 6. The maximum absolute atomic E-state index is 12.4. The Bertz CT molecular complexity index is 1110. The number of hydrogen-bond donors (Lipinski definition) is 7. The van der Waals surface area contributed by atoms with Crippen molar-refractivity contribution >= 4 is 24.7 Å². The second kappa shape index (κ2) is 7.57. The van der Waals surface area contributed by atoms with E-state index in [9.17, 15) is 34.4 Å². The minimum atomic E-state index is -4.36. The van der Waals surface area contributed by atoms with E-state index in [2.05, 4.69) is 15.0 Å². The van der Waals surface area contributed by atoms with E-state index in [0.717, 1.165) is 11.5 Å². The lowest BCUT2D eigenvalue weighted by Gasteiger charge is -2.31. The highest BCUT2D eigenvalue weighted by Gasteiger charge is 2.48. The van der Waals surface area contributed by atoms with Crippen LogP contribution in [0.3, 0.4) is 0 Å². The van der Waals surface area contributed by atoms with Crippen LogP contribution in [-0.4, -0.2) is 69.5 Å². The van der Waals surface area contributed by atoms with Crippen molar-refractivity contribution in [2.24, 2.45) is 0 Å². The number of nitrogen functional groups attached to an aromatic ring is 1. The number of aliphatic hydroxyl groups excluding tert-OH is 3. The van der Waals surface area contributed by atoms with Crippen LogP contribution in [0.1, 0.15) is 33.4 Å². The first-order valence-corrected chi connectivity index (χ1v) is 10.6. The Hall–Kier alpha value is -2.06. The van der Waals surface area contributed by atoms with Gasteiger partial charge in [-0.25, -0.2) is 9.36 Å². The molecule has 0 radical (unpaired) electrons. The summed E-state index contributed by atoms with van der Waals surface area (Å²) in [6.45, 7) is 3.97. The summed E-state index contributed by atoms with van der Waals surface area (Å²) in [5.41, 5.74) is 2.27. The van der Waals surface area contributed by atoms with Crippen LogP contribution in [0.2, 0.25) is 0 Å². The van der Waals surface area contributed by atoms with Crippen LogP contribution in [0.25, 0.3) is 11.2 Å². The lowest BCUT2D eigenvalue weighted by Crippen LogP contribution is -2.37. The number of imidazole rings is 1. The van der Waals surface area contributed by atoms with Gasteiger partial charge in [0.2, 0.25) is 5.95 Å². The molecule has 0 aromatic carbocycles. The fourth-order valence-electron chi connectivity index (χ4n) is 3.33. The zero-order valence-corrected chi connectivity index (χ0v) is 17.2. The van der Waals surface area contributed by atoms with Crippen LogP contribution < -0.4 is 17.0 Å². The average Bonchev–Trinajstić information content (AvgIpc) is 3.04. The van der Waals surface area contributed by atoms with Crippen LogP contribution in [0.4, 0.5) is 5.95 Å². The van der Waals surface area contributed by atoms with Gasteiger partial charge in [0.1, 0.15) is 12.2 Å². The maximum atomic E-state index is 12.4. The number of nitrogens with one attached hydrogen (secondary N) is 2. The number of H-pyrrole nitrogens is 2. The third kappa shape index (κ3) is 4.07. The van der Waals surface area contributed by atoms with Crippen LogP contribution in [0.15, 0.2) is 9.59 Å². The molecule has 0 bridgehead atoms. The molecule has 0 spiro atoms. The molecule has 1 aliphatic rings. The molecule has 14 nitrogen and oxygen atoms in total. The number of nitrogens with zero attached hydrogens (tertiary/aromatic N) is 2. The van der Waals surface area contributed by atoms with Crippen LogP contribution in [0, 0.1) is 0 Å². The van der Waals surface area contributed by atoms with Crippen molar-refractivity contribution < 1.29 is 34.0 Å². The molecule has 2 aromatic heterocycles. The van der Waals surface area contributed by atoms with Gasteiger partial charge in [0.05, 0.1) is 11.7 Å². The highest BCUT2D eigenvalue weighted by molar-refractivity contribution is 7.53. The fourth-order valence-corrected chi connectivity index (χ4v) is 4.26. The number of fused-ring (bicyclic) bond motifs is 1. The largest absolute Gasteiger partial charge is 0.388 e. The minimum Gasteiger partial charge on any atom is -0.388 e. The van der Waals surface area contributed by atoms with Crippen molar-refractivity contribution in [2.75, 3.05) is 5.73 Å². The minimum absolute atomic E-state index is 0.174. The Balaban J connectivity index is 1.91. The molecule has 2 aromatic rings. The third-order valence-corrected chi connectivity index (χ3v) is 6.43. The van der Waals surface area contributed by atoms with Gasteiger partial charge in [-0.2, -0.15) is 4.98 Å². The molecule has 0 saturated carbocycles. The molecule has 2 unspecified atom stereocenters. The van der Waals surface area contributed by atoms with Crippen LogP contribution >= 0.6 is 7.60 Å². The highest BCUT2D eigenvalue weighted by atomic mass is 31.2. The number of aromatic nitrogens is 4. The van der Waals surface area contributed by atoms with Crippen molar-refractivity contribution in [1.82, 2.24) is 19.5 Å². The van der Waals surface area contributed by atoms with Gasteiger partial charge in [0.15, 0.2) is 23.2 Å². The van der Waals surface area contributed by atoms with Crippen LogP contribution in [-0.2, 0) is 13.8 Å². The molecule has 1 aliphatic heterocycles. The molecule has 168 valence electrons. The van der Waals surface area contributed by atoms with Gasteiger partial charge in [-0.15, -0.1) is 0 Å². The zero-order chi connectivity index (χ0) is 22.6. The van der Waals surface area contributed by atoms with Gasteiger partial charge in [0.25, 0.3) is 5.56 Å². The van der Waals surface area contributed by atoms with E-state index in [4.69, 9.17) is 15.0 Å². The molecule has 1 saturated heterocycles. The van der Waals surface area contributed by atoms with Crippen molar-refractivity contribution in [3.05, 3.63) is 20.8 Å². The van der Waals surface area contributed by atoms with Gasteiger partial charge in [0, 0.05) is 6.42 Å². The fraction of sp³-hybridized carbons (Fsp3) is 0.667. The summed E-state index contributed by atoms with van der Waals surface area (Å²) >= 11 is 0. The SMILES string of the molecule is C[C@H](O)P(=O)(O)OC(C)(C)C[C@H]1OC(n2c(=O)[nH]c3c(=O)[nH]c(N)nc32)[C@H](O)[C@@H]1O. The maximum Gasteiger partial charge on any atom is 0.356 e. The van der Waals surface area contributed by atoms with E-state index in [0.29, 0.717) is 0 Å². The number of aromatic amines is 2. The summed E-state index contributed by atoms with van der Waals surface area (Å²) in [7, 11) is -4.36. The van der Waals surface area contributed by atoms with E-state index < -0.39 is 54.8 Å². The number of hydrogen-bond acceptors (Lipinski definition) is 10.